The highest BCUT2D eigenvalue weighted by atomic mass is 19.1. The number of fused-ring (bicyclic) bond motifs is 1. The molecule has 0 atom stereocenters. The normalized spacial score (nSPS) is 13.6. The summed E-state index contributed by atoms with van der Waals surface area (Å²) in [5.74, 6) is -0.542. The standard InChI is InChI=1S/C19H17F2N3O.C6H7N/c1-12-22-11-17-16(15-3-2-13(20)8-18(15)21)9-14(10-19(17)23-12)24-4-6-25-7-5-24;1-6-4-2-3-5-7-6/h2-3,8-11H,4-7H2,1H3;2-5H,1H3. The monoisotopic (exact) mass is 434 g/mol. The molecule has 0 radical (unpaired) electrons. The Morgan fingerprint density at radius 3 is 2.38 bits per heavy atom. The third-order valence-corrected chi connectivity index (χ3v) is 5.22. The largest absolute Gasteiger partial charge is 0.378 e. The van der Waals surface area contributed by atoms with E-state index in [1.165, 1.54) is 12.1 Å². The molecule has 32 heavy (non-hydrogen) atoms. The molecule has 164 valence electrons. The minimum atomic E-state index is -0.596. The lowest BCUT2D eigenvalue weighted by atomic mass is 9.99. The van der Waals surface area contributed by atoms with E-state index in [1.54, 1.807) is 12.4 Å². The topological polar surface area (TPSA) is 51.1 Å². The Hall–Kier alpha value is -3.45. The molecule has 0 amide bonds. The van der Waals surface area contributed by atoms with Crippen LogP contribution in [0.15, 0.2) is 60.9 Å². The van der Waals surface area contributed by atoms with Crippen molar-refractivity contribution < 1.29 is 13.5 Å². The summed E-state index contributed by atoms with van der Waals surface area (Å²) in [5, 5.41) is 0.744. The van der Waals surface area contributed by atoms with Crippen molar-refractivity contribution in [2.24, 2.45) is 0 Å². The van der Waals surface area contributed by atoms with Crippen LogP contribution in [0.4, 0.5) is 14.5 Å². The van der Waals surface area contributed by atoms with E-state index in [-0.39, 0.29) is 0 Å². The average Bonchev–Trinajstić information content (AvgIpc) is 2.80. The molecule has 0 aliphatic carbocycles. The third kappa shape index (κ3) is 5.06. The molecule has 2 aromatic heterocycles. The molecule has 2 aromatic carbocycles. The highest BCUT2D eigenvalue weighted by molar-refractivity contribution is 5.97. The van der Waals surface area contributed by atoms with Crippen molar-refractivity contribution in [2.75, 3.05) is 31.2 Å². The summed E-state index contributed by atoms with van der Waals surface area (Å²) in [6.07, 6.45) is 3.48. The van der Waals surface area contributed by atoms with Crippen molar-refractivity contribution in [3.63, 3.8) is 0 Å². The second-order valence-electron chi connectivity index (χ2n) is 7.54. The Balaban J connectivity index is 0.000000300. The number of ether oxygens (including phenoxy) is 1. The van der Waals surface area contributed by atoms with Crippen LogP contribution in [0.1, 0.15) is 11.5 Å². The number of halogens is 2. The first-order valence-corrected chi connectivity index (χ1v) is 10.4. The van der Waals surface area contributed by atoms with Gasteiger partial charge in [0.1, 0.15) is 17.5 Å². The van der Waals surface area contributed by atoms with Gasteiger partial charge in [-0.25, -0.2) is 18.7 Å². The number of aromatic nitrogens is 3. The molecule has 4 aromatic rings. The Morgan fingerprint density at radius 2 is 1.72 bits per heavy atom. The molecule has 1 fully saturated rings. The molecule has 0 spiro atoms. The van der Waals surface area contributed by atoms with Gasteiger partial charge in [-0.05, 0) is 55.8 Å². The maximum Gasteiger partial charge on any atom is 0.133 e. The number of nitrogens with zero attached hydrogens (tertiary/aromatic N) is 4. The van der Waals surface area contributed by atoms with Crippen LogP contribution in [-0.2, 0) is 4.74 Å². The molecular formula is C25H24F2N4O. The second kappa shape index (κ2) is 9.78. The van der Waals surface area contributed by atoms with E-state index in [9.17, 15) is 8.78 Å². The first-order valence-electron chi connectivity index (χ1n) is 10.4. The highest BCUT2D eigenvalue weighted by Crippen LogP contribution is 2.34. The highest BCUT2D eigenvalue weighted by Gasteiger charge is 2.17. The molecule has 5 nitrogen and oxygen atoms in total. The van der Waals surface area contributed by atoms with Crippen LogP contribution >= 0.6 is 0 Å². The van der Waals surface area contributed by atoms with Crippen LogP contribution in [0, 0.1) is 25.5 Å². The van der Waals surface area contributed by atoms with Gasteiger partial charge in [0.05, 0.1) is 18.7 Å². The number of rotatable bonds is 2. The lowest BCUT2D eigenvalue weighted by Crippen LogP contribution is -2.36. The van der Waals surface area contributed by atoms with E-state index in [0.717, 1.165) is 41.4 Å². The van der Waals surface area contributed by atoms with E-state index in [1.807, 2.05) is 44.2 Å². The Labute approximate surface area is 185 Å². The predicted molar refractivity (Wildman–Crippen MR) is 122 cm³/mol. The van der Waals surface area contributed by atoms with Gasteiger partial charge in [-0.15, -0.1) is 0 Å². The summed E-state index contributed by atoms with van der Waals surface area (Å²) in [6.45, 7) is 6.63. The summed E-state index contributed by atoms with van der Waals surface area (Å²) in [4.78, 5) is 14.9. The number of hydrogen-bond donors (Lipinski definition) is 0. The zero-order valence-corrected chi connectivity index (χ0v) is 18.1. The summed E-state index contributed by atoms with van der Waals surface area (Å²) < 4.78 is 33.1. The Bertz CT molecular complexity index is 1210. The molecule has 0 unspecified atom stereocenters. The molecule has 1 aliphatic heterocycles. The smallest absolute Gasteiger partial charge is 0.133 e. The lowest BCUT2D eigenvalue weighted by molar-refractivity contribution is 0.122. The molecule has 0 bridgehead atoms. The van der Waals surface area contributed by atoms with E-state index < -0.39 is 11.6 Å². The maximum atomic E-state index is 14.4. The van der Waals surface area contributed by atoms with E-state index in [4.69, 9.17) is 4.74 Å². The summed E-state index contributed by atoms with van der Waals surface area (Å²) in [7, 11) is 0. The quantitative estimate of drug-likeness (QED) is 0.439. The van der Waals surface area contributed by atoms with Crippen LogP contribution in [0.25, 0.3) is 22.0 Å². The lowest BCUT2D eigenvalue weighted by Gasteiger charge is -2.29. The summed E-state index contributed by atoms with van der Waals surface area (Å²) in [5.41, 5.74) is 3.77. The number of aryl methyl sites for hydroxylation is 2. The van der Waals surface area contributed by atoms with Crippen molar-refractivity contribution in [1.29, 1.82) is 0 Å². The van der Waals surface area contributed by atoms with Crippen molar-refractivity contribution in [1.82, 2.24) is 15.0 Å². The van der Waals surface area contributed by atoms with Crippen molar-refractivity contribution >= 4 is 16.6 Å². The van der Waals surface area contributed by atoms with Crippen LogP contribution < -0.4 is 4.90 Å². The Kier molecular flexibility index (Phi) is 6.66. The van der Waals surface area contributed by atoms with E-state index in [0.29, 0.717) is 30.2 Å². The number of anilines is 1. The van der Waals surface area contributed by atoms with Crippen molar-refractivity contribution in [3.05, 3.63) is 84.1 Å². The first kappa shape index (κ1) is 21.8. The Morgan fingerprint density at radius 1 is 0.906 bits per heavy atom. The van der Waals surface area contributed by atoms with Gasteiger partial charge in [0.2, 0.25) is 0 Å². The van der Waals surface area contributed by atoms with Gasteiger partial charge >= 0.3 is 0 Å². The zero-order valence-electron chi connectivity index (χ0n) is 18.1. The molecule has 7 heteroatoms. The fourth-order valence-electron chi connectivity index (χ4n) is 3.60. The summed E-state index contributed by atoms with van der Waals surface area (Å²) >= 11 is 0. The number of morpholine rings is 1. The van der Waals surface area contributed by atoms with Gasteiger partial charge in [0.15, 0.2) is 0 Å². The average molecular weight is 434 g/mol. The fraction of sp³-hybridized carbons (Fsp3) is 0.240. The summed E-state index contributed by atoms with van der Waals surface area (Å²) in [6, 6.07) is 13.4. The molecular weight excluding hydrogens is 410 g/mol. The molecule has 5 rings (SSSR count). The van der Waals surface area contributed by atoms with Gasteiger partial charge in [-0.3, -0.25) is 4.98 Å². The van der Waals surface area contributed by atoms with Crippen molar-refractivity contribution in [2.45, 2.75) is 13.8 Å². The zero-order chi connectivity index (χ0) is 22.5. The number of pyridine rings is 1. The second-order valence-corrected chi connectivity index (χ2v) is 7.54. The molecule has 0 N–H and O–H groups in total. The van der Waals surface area contributed by atoms with Gasteiger partial charge in [-0.1, -0.05) is 6.07 Å². The number of benzene rings is 2. The van der Waals surface area contributed by atoms with Gasteiger partial charge in [0, 0.05) is 53.9 Å². The SMILES string of the molecule is Cc1ccccn1.Cc1ncc2c(-c3ccc(F)cc3F)cc(N3CCOCC3)cc2n1. The van der Waals surface area contributed by atoms with E-state index >= 15 is 0 Å². The van der Waals surface area contributed by atoms with Gasteiger partial charge < -0.3 is 9.64 Å². The minimum absolute atomic E-state index is 0.342. The number of hydrogen-bond acceptors (Lipinski definition) is 5. The molecule has 1 saturated heterocycles. The molecule has 1 aliphatic rings. The fourth-order valence-corrected chi connectivity index (χ4v) is 3.60. The predicted octanol–water partition coefficient (Wildman–Crippen LogP) is 5.11. The molecule has 3 heterocycles. The van der Waals surface area contributed by atoms with Gasteiger partial charge in [0.25, 0.3) is 0 Å². The van der Waals surface area contributed by atoms with Crippen LogP contribution in [-0.4, -0.2) is 41.3 Å². The van der Waals surface area contributed by atoms with Crippen LogP contribution in [0.2, 0.25) is 0 Å². The maximum absolute atomic E-state index is 14.4. The van der Waals surface area contributed by atoms with Gasteiger partial charge in [-0.2, -0.15) is 0 Å². The van der Waals surface area contributed by atoms with E-state index in [2.05, 4.69) is 19.9 Å². The van der Waals surface area contributed by atoms with Crippen LogP contribution in [0.3, 0.4) is 0 Å². The van der Waals surface area contributed by atoms with Crippen LogP contribution in [0.5, 0.6) is 0 Å². The third-order valence-electron chi connectivity index (χ3n) is 5.22. The minimum Gasteiger partial charge on any atom is -0.378 e. The van der Waals surface area contributed by atoms with Crippen molar-refractivity contribution in [3.8, 4) is 11.1 Å². The molecule has 0 saturated carbocycles. The first-order chi connectivity index (χ1) is 15.5.